The molecule has 0 bridgehead atoms. The maximum Gasteiger partial charge on any atom is 0.258 e. The maximum atomic E-state index is 12.6. The van der Waals surface area contributed by atoms with Crippen LogP contribution in [-0.4, -0.2) is 64.5 Å². The van der Waals surface area contributed by atoms with Gasteiger partial charge in [0.2, 0.25) is 10.0 Å². The second-order valence-corrected chi connectivity index (χ2v) is 7.70. The fourth-order valence-corrected chi connectivity index (χ4v) is 4.10. The maximum absolute atomic E-state index is 12.6. The number of sulfonamides is 1. The highest BCUT2D eigenvalue weighted by atomic mass is 32.2. The minimum atomic E-state index is -3.68. The van der Waals surface area contributed by atoms with Crippen LogP contribution in [0.4, 0.5) is 0 Å². The van der Waals surface area contributed by atoms with Crippen LogP contribution in [-0.2, 0) is 19.6 Å². The summed E-state index contributed by atoms with van der Waals surface area (Å²) in [4.78, 5) is 23.3. The number of primary amides is 1. The molecule has 0 atom stereocenters. The molecule has 144 valence electrons. The number of rotatable bonds is 9. The minimum absolute atomic E-state index is 0.0231. The second kappa shape index (κ2) is 8.97. The van der Waals surface area contributed by atoms with Gasteiger partial charge >= 0.3 is 0 Å². The molecule has 10 heteroatoms. The number of nitrogens with zero attached hydrogens (tertiary/aromatic N) is 1. The highest BCUT2D eigenvalue weighted by Gasteiger charge is 2.28. The van der Waals surface area contributed by atoms with Gasteiger partial charge in [0.25, 0.3) is 11.8 Å². The van der Waals surface area contributed by atoms with Gasteiger partial charge < -0.3 is 20.5 Å². The summed E-state index contributed by atoms with van der Waals surface area (Å²) in [6, 6.07) is 3.87. The molecule has 0 unspecified atom stereocenters. The van der Waals surface area contributed by atoms with Crippen LogP contribution in [0.25, 0.3) is 0 Å². The van der Waals surface area contributed by atoms with Crippen LogP contribution in [0.5, 0.6) is 5.75 Å². The van der Waals surface area contributed by atoms with Gasteiger partial charge in [-0.15, -0.1) is 0 Å². The number of carbonyl (C=O) groups is 2. The predicted molar refractivity (Wildman–Crippen MR) is 93.3 cm³/mol. The summed E-state index contributed by atoms with van der Waals surface area (Å²) in [6.45, 7) is 1.26. The zero-order chi connectivity index (χ0) is 19.2. The van der Waals surface area contributed by atoms with Crippen molar-refractivity contribution < 1.29 is 27.5 Å². The van der Waals surface area contributed by atoms with Gasteiger partial charge in [-0.1, -0.05) is 0 Å². The van der Waals surface area contributed by atoms with E-state index in [0.29, 0.717) is 26.2 Å². The molecule has 1 aromatic carbocycles. The molecule has 1 saturated heterocycles. The van der Waals surface area contributed by atoms with Crippen LogP contribution in [0, 0.1) is 0 Å². The quantitative estimate of drug-likeness (QED) is 0.562. The molecule has 1 aliphatic rings. The predicted octanol–water partition coefficient (Wildman–Crippen LogP) is -0.289. The molecular weight excluding hydrogens is 362 g/mol. The average molecular weight is 385 g/mol. The molecule has 1 aromatic rings. The summed E-state index contributed by atoms with van der Waals surface area (Å²) < 4.78 is 36.7. The fraction of sp³-hybridized carbons (Fsp3) is 0.500. The SMILES string of the molecule is COCCNC(=O)COc1ccc(S(=O)(=O)N2CCCC2)cc1C(N)=O. The van der Waals surface area contributed by atoms with Crippen LogP contribution < -0.4 is 15.8 Å². The van der Waals surface area contributed by atoms with Gasteiger partial charge in [0.1, 0.15) is 5.75 Å². The highest BCUT2D eigenvalue weighted by molar-refractivity contribution is 7.89. The van der Waals surface area contributed by atoms with Gasteiger partial charge in [0.05, 0.1) is 17.1 Å². The van der Waals surface area contributed by atoms with E-state index in [1.54, 1.807) is 0 Å². The minimum Gasteiger partial charge on any atom is -0.483 e. The lowest BCUT2D eigenvalue weighted by Gasteiger charge is -2.17. The van der Waals surface area contributed by atoms with Gasteiger partial charge in [-0.25, -0.2) is 8.42 Å². The Hall–Kier alpha value is -2.17. The molecular formula is C16H23N3O6S. The first-order chi connectivity index (χ1) is 12.4. The van der Waals surface area contributed by atoms with E-state index in [4.69, 9.17) is 15.2 Å². The lowest BCUT2D eigenvalue weighted by Crippen LogP contribution is -2.32. The molecule has 1 heterocycles. The summed E-state index contributed by atoms with van der Waals surface area (Å²) in [6.07, 6.45) is 1.61. The third kappa shape index (κ3) is 4.93. The third-order valence-electron chi connectivity index (χ3n) is 3.91. The zero-order valence-electron chi connectivity index (χ0n) is 14.6. The average Bonchev–Trinajstić information content (AvgIpc) is 3.15. The highest BCUT2D eigenvalue weighted by Crippen LogP contribution is 2.26. The van der Waals surface area contributed by atoms with Gasteiger partial charge in [-0.3, -0.25) is 9.59 Å². The molecule has 0 aromatic heterocycles. The topological polar surface area (TPSA) is 128 Å². The number of benzene rings is 1. The van der Waals surface area contributed by atoms with Crippen molar-refractivity contribution in [1.82, 2.24) is 9.62 Å². The van der Waals surface area contributed by atoms with Crippen molar-refractivity contribution in [3.05, 3.63) is 23.8 Å². The molecule has 0 spiro atoms. The summed E-state index contributed by atoms with van der Waals surface area (Å²) in [5.41, 5.74) is 5.25. The lowest BCUT2D eigenvalue weighted by atomic mass is 10.2. The molecule has 0 saturated carbocycles. The van der Waals surface area contributed by atoms with E-state index in [2.05, 4.69) is 5.32 Å². The van der Waals surface area contributed by atoms with Gasteiger partial charge in [0.15, 0.2) is 6.61 Å². The van der Waals surface area contributed by atoms with Crippen LogP contribution in [0.2, 0.25) is 0 Å². The normalized spacial score (nSPS) is 15.0. The first-order valence-electron chi connectivity index (χ1n) is 8.18. The Morgan fingerprint density at radius 1 is 1.27 bits per heavy atom. The van der Waals surface area contributed by atoms with Crippen LogP contribution in [0.15, 0.2) is 23.1 Å². The molecule has 0 aliphatic carbocycles. The summed E-state index contributed by atoms with van der Waals surface area (Å²) in [7, 11) is -2.17. The van der Waals surface area contributed by atoms with E-state index in [1.807, 2.05) is 0 Å². The monoisotopic (exact) mass is 385 g/mol. The molecule has 26 heavy (non-hydrogen) atoms. The molecule has 2 rings (SSSR count). The Balaban J connectivity index is 2.13. The van der Waals surface area contributed by atoms with Crippen molar-refractivity contribution in [2.24, 2.45) is 5.73 Å². The van der Waals surface area contributed by atoms with E-state index in [0.717, 1.165) is 12.8 Å². The van der Waals surface area contributed by atoms with E-state index in [1.165, 1.54) is 29.6 Å². The summed E-state index contributed by atoms with van der Waals surface area (Å²) in [5.74, 6) is -1.18. The van der Waals surface area contributed by atoms with Crippen molar-refractivity contribution in [3.8, 4) is 5.75 Å². The lowest BCUT2D eigenvalue weighted by molar-refractivity contribution is -0.123. The van der Waals surface area contributed by atoms with Crippen LogP contribution >= 0.6 is 0 Å². The number of amides is 2. The number of nitrogens with two attached hydrogens (primary N) is 1. The number of nitrogens with one attached hydrogen (secondary N) is 1. The molecule has 3 N–H and O–H groups in total. The smallest absolute Gasteiger partial charge is 0.258 e. The van der Waals surface area contributed by atoms with Crippen molar-refractivity contribution in [2.75, 3.05) is 40.0 Å². The van der Waals surface area contributed by atoms with E-state index in [9.17, 15) is 18.0 Å². The number of hydrogen-bond acceptors (Lipinski definition) is 6. The Bertz CT molecular complexity index is 759. The zero-order valence-corrected chi connectivity index (χ0v) is 15.4. The molecule has 1 aliphatic heterocycles. The fourth-order valence-electron chi connectivity index (χ4n) is 2.55. The first-order valence-corrected chi connectivity index (χ1v) is 9.62. The molecule has 0 radical (unpaired) electrons. The largest absolute Gasteiger partial charge is 0.483 e. The number of methoxy groups -OCH3 is 1. The summed E-state index contributed by atoms with van der Waals surface area (Å²) in [5, 5.41) is 2.57. The second-order valence-electron chi connectivity index (χ2n) is 5.76. The standard InChI is InChI=1S/C16H23N3O6S/c1-24-9-6-18-15(20)11-25-14-5-4-12(10-13(14)16(17)21)26(22,23)19-7-2-3-8-19/h4-5,10H,2-3,6-9,11H2,1H3,(H2,17,21)(H,18,20). The molecule has 2 amide bonds. The van der Waals surface area contributed by atoms with Crippen molar-refractivity contribution >= 4 is 21.8 Å². The molecule has 1 fully saturated rings. The van der Waals surface area contributed by atoms with E-state index in [-0.39, 0.29) is 22.8 Å². The van der Waals surface area contributed by atoms with Crippen LogP contribution in [0.1, 0.15) is 23.2 Å². The van der Waals surface area contributed by atoms with Crippen molar-refractivity contribution in [2.45, 2.75) is 17.7 Å². The Labute approximate surface area is 152 Å². The molecule has 9 nitrogen and oxygen atoms in total. The number of carbonyl (C=O) groups excluding carboxylic acids is 2. The Morgan fingerprint density at radius 3 is 2.58 bits per heavy atom. The first kappa shape index (κ1) is 20.1. The van der Waals surface area contributed by atoms with E-state index < -0.39 is 21.8 Å². The van der Waals surface area contributed by atoms with Gasteiger partial charge in [-0.2, -0.15) is 4.31 Å². The Morgan fingerprint density at radius 2 is 1.96 bits per heavy atom. The van der Waals surface area contributed by atoms with Gasteiger partial charge in [-0.05, 0) is 31.0 Å². The summed E-state index contributed by atoms with van der Waals surface area (Å²) >= 11 is 0. The number of hydrogen-bond donors (Lipinski definition) is 2. The number of ether oxygens (including phenoxy) is 2. The van der Waals surface area contributed by atoms with Crippen molar-refractivity contribution in [1.29, 1.82) is 0 Å². The van der Waals surface area contributed by atoms with Gasteiger partial charge in [0, 0.05) is 26.7 Å². The van der Waals surface area contributed by atoms with Crippen LogP contribution in [0.3, 0.4) is 0 Å². The third-order valence-corrected chi connectivity index (χ3v) is 5.80. The van der Waals surface area contributed by atoms with Crippen molar-refractivity contribution in [3.63, 3.8) is 0 Å². The van der Waals surface area contributed by atoms with E-state index >= 15 is 0 Å². The Kier molecular flexibility index (Phi) is 6.95.